The van der Waals surface area contributed by atoms with Crippen LogP contribution in [0.1, 0.15) is 61.3 Å². The average Bonchev–Trinajstić information content (AvgIpc) is 3.52. The van der Waals surface area contributed by atoms with E-state index in [0.717, 1.165) is 50.2 Å². The van der Waals surface area contributed by atoms with Crippen LogP contribution < -0.4 is 5.43 Å². The highest BCUT2D eigenvalue weighted by molar-refractivity contribution is 6.31. The molecule has 4 aliphatic rings. The molecule has 3 atom stereocenters. The highest BCUT2D eigenvalue weighted by Gasteiger charge is 2.50. The molecule has 8 nitrogen and oxygen atoms in total. The van der Waals surface area contributed by atoms with Gasteiger partial charge in [0.25, 0.3) is 0 Å². The molecule has 3 heterocycles. The van der Waals surface area contributed by atoms with Gasteiger partial charge in [-0.05, 0) is 35.6 Å². The lowest BCUT2D eigenvalue weighted by atomic mass is 9.80. The molecule has 3 aromatic rings. The largest absolute Gasteiger partial charge is 0.340 e. The monoisotopic (exact) mass is 624 g/mol. The van der Waals surface area contributed by atoms with Crippen molar-refractivity contribution in [1.82, 2.24) is 25.0 Å². The molecule has 0 bridgehead atoms. The third kappa shape index (κ3) is 6.06. The number of nitrogens with one attached hydrogen (secondary N) is 1. The van der Waals surface area contributed by atoms with Crippen LogP contribution in [0.2, 0.25) is 5.02 Å². The van der Waals surface area contributed by atoms with Gasteiger partial charge in [-0.25, -0.2) is 0 Å². The third-order valence-corrected chi connectivity index (χ3v) is 10.3. The van der Waals surface area contributed by atoms with Gasteiger partial charge in [0, 0.05) is 50.1 Å². The summed E-state index contributed by atoms with van der Waals surface area (Å²) in [6.07, 6.45) is 4.62. The molecule has 2 amide bonds. The molecule has 234 valence electrons. The molecular formula is C36H41ClN6O2. The van der Waals surface area contributed by atoms with Crippen LogP contribution in [-0.4, -0.2) is 75.8 Å². The van der Waals surface area contributed by atoms with Gasteiger partial charge in [0.15, 0.2) is 6.29 Å². The Balaban J connectivity index is 1.00. The Morgan fingerprint density at radius 3 is 2.20 bits per heavy atom. The lowest BCUT2D eigenvalue weighted by molar-refractivity contribution is -0.156. The SMILES string of the molecule is O=C(CCC1=NNC2N(Cc3ccccc3Cl)C(=O)C3CCCCC3N12)N1CCN(C(c2ccccc2)c2ccccc2)CC1. The summed E-state index contributed by atoms with van der Waals surface area (Å²) >= 11 is 6.50. The van der Waals surface area contributed by atoms with E-state index in [1.54, 1.807) is 0 Å². The summed E-state index contributed by atoms with van der Waals surface area (Å²) in [6, 6.07) is 29.3. The van der Waals surface area contributed by atoms with Crippen LogP contribution in [0.25, 0.3) is 0 Å². The molecule has 0 aromatic heterocycles. The molecule has 7 rings (SSSR count). The molecule has 1 saturated carbocycles. The summed E-state index contributed by atoms with van der Waals surface area (Å²) in [7, 11) is 0. The lowest BCUT2D eigenvalue weighted by Crippen LogP contribution is -2.67. The van der Waals surface area contributed by atoms with Gasteiger partial charge in [0.2, 0.25) is 11.8 Å². The maximum atomic E-state index is 13.8. The fraction of sp³-hybridized carbons (Fsp3) is 0.417. The zero-order valence-electron chi connectivity index (χ0n) is 25.6. The molecule has 3 unspecified atom stereocenters. The molecular weight excluding hydrogens is 584 g/mol. The van der Waals surface area contributed by atoms with E-state index in [2.05, 4.69) is 75.9 Å². The summed E-state index contributed by atoms with van der Waals surface area (Å²) in [6.45, 7) is 3.47. The summed E-state index contributed by atoms with van der Waals surface area (Å²) < 4.78 is 0. The number of carbonyl (C=O) groups is 2. The topological polar surface area (TPSA) is 71.5 Å². The Kier molecular flexibility index (Phi) is 8.77. The van der Waals surface area contributed by atoms with Crippen LogP contribution in [-0.2, 0) is 16.1 Å². The molecule has 1 aliphatic carbocycles. The number of nitrogens with zero attached hydrogens (tertiary/aromatic N) is 5. The lowest BCUT2D eigenvalue weighted by Gasteiger charge is -2.50. The molecule has 3 aromatic carbocycles. The van der Waals surface area contributed by atoms with Crippen LogP contribution in [0, 0.1) is 5.92 Å². The number of carbonyl (C=O) groups excluding carboxylic acids is 2. The Labute approximate surface area is 270 Å². The second-order valence-electron chi connectivity index (χ2n) is 12.6. The second kappa shape index (κ2) is 13.2. The van der Waals surface area contributed by atoms with Crippen molar-refractivity contribution in [2.24, 2.45) is 11.0 Å². The van der Waals surface area contributed by atoms with Crippen molar-refractivity contribution in [3.8, 4) is 0 Å². The molecule has 2 saturated heterocycles. The maximum absolute atomic E-state index is 13.8. The van der Waals surface area contributed by atoms with E-state index in [1.807, 2.05) is 34.1 Å². The fourth-order valence-corrected chi connectivity index (χ4v) is 7.90. The van der Waals surface area contributed by atoms with Crippen LogP contribution >= 0.6 is 11.6 Å². The quantitative estimate of drug-likeness (QED) is 0.361. The van der Waals surface area contributed by atoms with Crippen molar-refractivity contribution in [1.29, 1.82) is 0 Å². The predicted molar refractivity (Wildman–Crippen MR) is 176 cm³/mol. The fourth-order valence-electron chi connectivity index (χ4n) is 7.70. The van der Waals surface area contributed by atoms with Gasteiger partial charge in [0.05, 0.1) is 18.5 Å². The standard InChI is InChI=1S/C36H41ClN6O2/c37-30-17-9-7-15-28(30)25-42-35(45)29-16-8-10-18-31(29)43-32(38-39-36(42)43)19-20-33(44)40-21-23-41(24-22-40)34(26-11-3-1-4-12-26)27-13-5-2-6-14-27/h1-7,9,11-15,17,29,31,34,36,39H,8,10,16,18-25H2. The van der Waals surface area contributed by atoms with Crippen molar-refractivity contribution < 1.29 is 9.59 Å². The first-order valence-electron chi connectivity index (χ1n) is 16.3. The average molecular weight is 625 g/mol. The number of rotatable bonds is 8. The minimum absolute atomic E-state index is 0.0615. The summed E-state index contributed by atoms with van der Waals surface area (Å²) in [5.41, 5.74) is 6.73. The zero-order chi connectivity index (χ0) is 30.8. The number of halogens is 1. The summed E-state index contributed by atoms with van der Waals surface area (Å²) in [5.74, 6) is 1.16. The van der Waals surface area contributed by atoms with Crippen LogP contribution in [0.3, 0.4) is 0 Å². The number of amides is 2. The van der Waals surface area contributed by atoms with E-state index in [9.17, 15) is 9.59 Å². The highest BCUT2D eigenvalue weighted by atomic mass is 35.5. The maximum Gasteiger partial charge on any atom is 0.231 e. The first-order chi connectivity index (χ1) is 22.1. The zero-order valence-corrected chi connectivity index (χ0v) is 26.4. The Bertz CT molecular complexity index is 1490. The van der Waals surface area contributed by atoms with Crippen LogP contribution in [0.4, 0.5) is 0 Å². The van der Waals surface area contributed by atoms with Gasteiger partial charge in [-0.1, -0.05) is 103 Å². The van der Waals surface area contributed by atoms with Gasteiger partial charge in [-0.15, -0.1) is 0 Å². The van der Waals surface area contributed by atoms with Crippen LogP contribution in [0.15, 0.2) is 90.0 Å². The molecule has 0 radical (unpaired) electrons. The van der Waals surface area contributed by atoms with Crippen molar-refractivity contribution >= 4 is 29.3 Å². The highest BCUT2D eigenvalue weighted by Crippen LogP contribution is 2.39. The van der Waals surface area contributed by atoms with Crippen molar-refractivity contribution in [2.45, 2.75) is 63.4 Å². The molecule has 0 spiro atoms. The number of benzene rings is 3. The smallest absolute Gasteiger partial charge is 0.231 e. The molecule has 9 heteroatoms. The summed E-state index contributed by atoms with van der Waals surface area (Å²) in [4.78, 5) is 36.0. The normalized spacial score (nSPS) is 23.4. The van der Waals surface area contributed by atoms with Crippen molar-refractivity contribution in [3.63, 3.8) is 0 Å². The van der Waals surface area contributed by atoms with Gasteiger partial charge < -0.3 is 9.80 Å². The Morgan fingerprint density at radius 2 is 1.51 bits per heavy atom. The van der Waals surface area contributed by atoms with E-state index >= 15 is 0 Å². The van der Waals surface area contributed by atoms with E-state index in [1.165, 1.54) is 11.1 Å². The van der Waals surface area contributed by atoms with E-state index in [0.29, 0.717) is 37.5 Å². The number of hydrazone groups is 1. The second-order valence-corrected chi connectivity index (χ2v) is 13.0. The first-order valence-corrected chi connectivity index (χ1v) is 16.7. The summed E-state index contributed by atoms with van der Waals surface area (Å²) in [5, 5.41) is 5.38. The van der Waals surface area contributed by atoms with E-state index in [4.69, 9.17) is 16.7 Å². The first kappa shape index (κ1) is 29.8. The third-order valence-electron chi connectivity index (χ3n) is 9.98. The number of amidine groups is 1. The molecule has 1 N–H and O–H groups in total. The number of hydrogen-bond donors (Lipinski definition) is 1. The number of hydrogen-bond acceptors (Lipinski definition) is 6. The minimum atomic E-state index is -0.352. The molecule has 3 aliphatic heterocycles. The molecule has 3 fully saturated rings. The van der Waals surface area contributed by atoms with Gasteiger partial charge in [0.1, 0.15) is 5.84 Å². The van der Waals surface area contributed by atoms with Crippen molar-refractivity contribution in [3.05, 3.63) is 107 Å². The Morgan fingerprint density at radius 1 is 0.867 bits per heavy atom. The van der Waals surface area contributed by atoms with Crippen LogP contribution in [0.5, 0.6) is 0 Å². The van der Waals surface area contributed by atoms with Gasteiger partial charge in [-0.2, -0.15) is 5.10 Å². The van der Waals surface area contributed by atoms with Gasteiger partial charge in [-0.3, -0.25) is 24.8 Å². The van der Waals surface area contributed by atoms with E-state index < -0.39 is 0 Å². The number of fused-ring (bicyclic) bond motifs is 3. The van der Waals surface area contributed by atoms with Gasteiger partial charge >= 0.3 is 0 Å². The van der Waals surface area contributed by atoms with Crippen molar-refractivity contribution in [2.75, 3.05) is 26.2 Å². The number of piperazine rings is 1. The molecule has 45 heavy (non-hydrogen) atoms. The van der Waals surface area contributed by atoms with E-state index in [-0.39, 0.29) is 36.1 Å². The Hall–Kier alpha value is -3.88. The predicted octanol–water partition coefficient (Wildman–Crippen LogP) is 5.46. The minimum Gasteiger partial charge on any atom is -0.340 e.